The molecule has 1 amide bonds. The molecule has 0 aliphatic carbocycles. The number of likely N-dealkylation sites (tertiary alicyclic amines) is 1. The Morgan fingerprint density at radius 1 is 1.00 bits per heavy atom. The van der Waals surface area contributed by atoms with Crippen molar-refractivity contribution in [1.29, 1.82) is 0 Å². The van der Waals surface area contributed by atoms with Gasteiger partial charge in [-0.1, -0.05) is 35.9 Å². The standard InChI is InChI=1S/C24H27NO6/c1-15-6-8-16(9-7-15)22(26)20-21(17-10-11-18(30-3)19(14-17)31-4)25(12-5-13-29-2)24(28)23(20)27/h6-11,14,21,26H,5,12-13H2,1-4H3/t21-/m0/s1. The largest absolute Gasteiger partial charge is 0.507 e. The highest BCUT2D eigenvalue weighted by atomic mass is 16.5. The molecule has 1 N–H and O–H groups in total. The number of benzene rings is 2. The third-order valence-electron chi connectivity index (χ3n) is 5.34. The van der Waals surface area contributed by atoms with Crippen LogP contribution in [0.3, 0.4) is 0 Å². The van der Waals surface area contributed by atoms with Crippen LogP contribution in [0.4, 0.5) is 0 Å². The molecule has 3 rings (SSSR count). The second-order valence-corrected chi connectivity index (χ2v) is 7.32. The molecule has 2 aromatic carbocycles. The van der Waals surface area contributed by atoms with Crippen LogP contribution in [0.2, 0.25) is 0 Å². The van der Waals surface area contributed by atoms with E-state index in [1.165, 1.54) is 19.1 Å². The average molecular weight is 425 g/mol. The number of hydrogen-bond acceptors (Lipinski definition) is 6. The van der Waals surface area contributed by atoms with Gasteiger partial charge in [-0.2, -0.15) is 0 Å². The molecule has 2 aromatic rings. The van der Waals surface area contributed by atoms with Crippen molar-refractivity contribution in [2.45, 2.75) is 19.4 Å². The van der Waals surface area contributed by atoms with Crippen LogP contribution >= 0.6 is 0 Å². The molecule has 0 radical (unpaired) electrons. The Balaban J connectivity index is 2.15. The van der Waals surface area contributed by atoms with Gasteiger partial charge in [0.1, 0.15) is 5.76 Å². The minimum atomic E-state index is -0.752. The van der Waals surface area contributed by atoms with Gasteiger partial charge in [0.25, 0.3) is 11.7 Å². The van der Waals surface area contributed by atoms with Gasteiger partial charge in [-0.25, -0.2) is 0 Å². The lowest BCUT2D eigenvalue weighted by Gasteiger charge is -2.26. The maximum absolute atomic E-state index is 13.0. The van der Waals surface area contributed by atoms with Crippen molar-refractivity contribution in [2.75, 3.05) is 34.5 Å². The summed E-state index contributed by atoms with van der Waals surface area (Å²) in [6.07, 6.45) is 0.553. The fourth-order valence-corrected chi connectivity index (χ4v) is 3.73. The number of amides is 1. The van der Waals surface area contributed by atoms with E-state index in [-0.39, 0.29) is 11.3 Å². The van der Waals surface area contributed by atoms with E-state index in [9.17, 15) is 14.7 Å². The third-order valence-corrected chi connectivity index (χ3v) is 5.34. The van der Waals surface area contributed by atoms with Crippen molar-refractivity contribution >= 4 is 17.4 Å². The average Bonchev–Trinajstić information content (AvgIpc) is 3.03. The summed E-state index contributed by atoms with van der Waals surface area (Å²) >= 11 is 0. The van der Waals surface area contributed by atoms with Gasteiger partial charge in [0.05, 0.1) is 25.8 Å². The van der Waals surface area contributed by atoms with Gasteiger partial charge < -0.3 is 24.2 Å². The number of methoxy groups -OCH3 is 3. The fraction of sp³-hybridized carbons (Fsp3) is 0.333. The number of aryl methyl sites for hydroxylation is 1. The van der Waals surface area contributed by atoms with Crippen molar-refractivity contribution < 1.29 is 28.9 Å². The lowest BCUT2D eigenvalue weighted by molar-refractivity contribution is -0.140. The molecule has 1 aliphatic heterocycles. The van der Waals surface area contributed by atoms with Crippen LogP contribution in [0.1, 0.15) is 29.2 Å². The van der Waals surface area contributed by atoms with Crippen molar-refractivity contribution in [3.63, 3.8) is 0 Å². The number of carbonyl (C=O) groups excluding carboxylic acids is 2. The zero-order chi connectivity index (χ0) is 22.5. The van der Waals surface area contributed by atoms with Crippen molar-refractivity contribution in [2.24, 2.45) is 0 Å². The molecule has 164 valence electrons. The summed E-state index contributed by atoms with van der Waals surface area (Å²) in [4.78, 5) is 27.4. The summed E-state index contributed by atoms with van der Waals surface area (Å²) in [6, 6.07) is 11.6. The lowest BCUT2D eigenvalue weighted by Crippen LogP contribution is -2.31. The summed E-state index contributed by atoms with van der Waals surface area (Å²) in [5.41, 5.74) is 2.19. The van der Waals surface area contributed by atoms with Gasteiger partial charge in [0, 0.05) is 25.8 Å². The molecule has 0 aromatic heterocycles. The first-order valence-electron chi connectivity index (χ1n) is 9.99. The highest BCUT2D eigenvalue weighted by molar-refractivity contribution is 6.46. The number of aliphatic hydroxyl groups is 1. The predicted molar refractivity (Wildman–Crippen MR) is 116 cm³/mol. The summed E-state index contributed by atoms with van der Waals surface area (Å²) in [6.45, 7) is 2.68. The quantitative estimate of drug-likeness (QED) is 0.302. The number of carbonyl (C=O) groups is 2. The first kappa shape index (κ1) is 22.4. The molecule has 7 heteroatoms. The monoisotopic (exact) mass is 425 g/mol. The molecule has 0 spiro atoms. The van der Waals surface area contributed by atoms with Crippen LogP contribution < -0.4 is 9.47 Å². The van der Waals surface area contributed by atoms with E-state index in [0.717, 1.165) is 5.56 Å². The highest BCUT2D eigenvalue weighted by Gasteiger charge is 2.46. The summed E-state index contributed by atoms with van der Waals surface area (Å²) in [7, 11) is 4.63. The number of rotatable bonds is 8. The lowest BCUT2D eigenvalue weighted by atomic mass is 9.94. The van der Waals surface area contributed by atoms with Gasteiger partial charge in [-0.3, -0.25) is 9.59 Å². The summed E-state index contributed by atoms with van der Waals surface area (Å²) in [5, 5.41) is 11.0. The minimum absolute atomic E-state index is 0.0542. The Bertz CT molecular complexity index is 996. The third kappa shape index (κ3) is 4.41. The molecule has 1 heterocycles. The first-order valence-corrected chi connectivity index (χ1v) is 9.99. The van der Waals surface area contributed by atoms with Crippen LogP contribution in [-0.4, -0.2) is 56.2 Å². The van der Waals surface area contributed by atoms with Crippen LogP contribution in [-0.2, 0) is 14.3 Å². The molecular weight excluding hydrogens is 398 g/mol. The van der Waals surface area contributed by atoms with E-state index in [4.69, 9.17) is 14.2 Å². The molecule has 1 saturated heterocycles. The van der Waals surface area contributed by atoms with Gasteiger partial charge >= 0.3 is 0 Å². The normalized spacial score (nSPS) is 17.8. The zero-order valence-electron chi connectivity index (χ0n) is 18.2. The second kappa shape index (κ2) is 9.66. The van der Waals surface area contributed by atoms with E-state index in [0.29, 0.717) is 42.2 Å². The van der Waals surface area contributed by atoms with Gasteiger partial charge in [-0.05, 0) is 31.0 Å². The summed E-state index contributed by atoms with van der Waals surface area (Å²) in [5.74, 6) is -0.564. The van der Waals surface area contributed by atoms with Gasteiger partial charge in [0.15, 0.2) is 11.5 Å². The Kier molecular flexibility index (Phi) is 6.97. The molecule has 1 fully saturated rings. The number of nitrogens with zero attached hydrogens (tertiary/aromatic N) is 1. The van der Waals surface area contributed by atoms with E-state index >= 15 is 0 Å². The Morgan fingerprint density at radius 3 is 2.29 bits per heavy atom. The topological polar surface area (TPSA) is 85.3 Å². The van der Waals surface area contributed by atoms with E-state index < -0.39 is 17.7 Å². The van der Waals surface area contributed by atoms with E-state index in [1.807, 2.05) is 19.1 Å². The molecule has 0 bridgehead atoms. The zero-order valence-corrected chi connectivity index (χ0v) is 18.2. The fourth-order valence-electron chi connectivity index (χ4n) is 3.73. The number of ketones is 1. The SMILES string of the molecule is COCCCN1C(=O)C(=O)C(=C(O)c2ccc(C)cc2)[C@@H]1c1ccc(OC)c(OC)c1. The smallest absolute Gasteiger partial charge is 0.295 e. The van der Waals surface area contributed by atoms with Gasteiger partial charge in [0.2, 0.25) is 0 Å². The van der Waals surface area contributed by atoms with Crippen molar-refractivity contribution in [3.8, 4) is 11.5 Å². The van der Waals surface area contributed by atoms with Crippen molar-refractivity contribution in [1.82, 2.24) is 4.90 Å². The first-order chi connectivity index (χ1) is 14.9. The molecule has 0 unspecified atom stereocenters. The van der Waals surface area contributed by atoms with Crippen LogP contribution in [0.25, 0.3) is 5.76 Å². The van der Waals surface area contributed by atoms with Gasteiger partial charge in [-0.15, -0.1) is 0 Å². The summed E-state index contributed by atoms with van der Waals surface area (Å²) < 4.78 is 15.8. The number of aliphatic hydroxyl groups excluding tert-OH is 1. The minimum Gasteiger partial charge on any atom is -0.507 e. The van der Waals surface area contributed by atoms with Crippen LogP contribution in [0.15, 0.2) is 48.0 Å². The molecule has 7 nitrogen and oxygen atoms in total. The highest BCUT2D eigenvalue weighted by Crippen LogP contribution is 2.42. The van der Waals surface area contributed by atoms with Crippen LogP contribution in [0.5, 0.6) is 11.5 Å². The number of Topliss-reactive ketones (excluding diaryl/α,β-unsaturated/α-hetero) is 1. The maximum atomic E-state index is 13.0. The molecule has 0 saturated carbocycles. The molecule has 31 heavy (non-hydrogen) atoms. The van der Waals surface area contributed by atoms with Crippen molar-refractivity contribution in [3.05, 3.63) is 64.7 Å². The Labute approximate surface area is 181 Å². The number of ether oxygens (including phenoxy) is 3. The number of hydrogen-bond donors (Lipinski definition) is 1. The van der Waals surface area contributed by atoms with Crippen LogP contribution in [0, 0.1) is 6.92 Å². The second-order valence-electron chi connectivity index (χ2n) is 7.32. The molecule has 1 atom stereocenters. The Hall–Kier alpha value is -3.32. The maximum Gasteiger partial charge on any atom is 0.295 e. The van der Waals surface area contributed by atoms with E-state index in [1.54, 1.807) is 37.4 Å². The molecular formula is C24H27NO6. The Morgan fingerprint density at radius 2 is 1.68 bits per heavy atom. The predicted octanol–water partition coefficient (Wildman–Crippen LogP) is 3.47. The molecule has 1 aliphatic rings. The van der Waals surface area contributed by atoms with E-state index in [2.05, 4.69) is 0 Å².